The van der Waals surface area contributed by atoms with Gasteiger partial charge in [0, 0.05) is 24.8 Å². The Morgan fingerprint density at radius 2 is 2.43 bits per heavy atom. The monoisotopic (exact) mass is 194 g/mol. The summed E-state index contributed by atoms with van der Waals surface area (Å²) in [7, 11) is 0. The molecule has 4 nitrogen and oxygen atoms in total. The Morgan fingerprint density at radius 3 is 3.07 bits per heavy atom. The lowest BCUT2D eigenvalue weighted by molar-refractivity contribution is 0.198. The zero-order valence-corrected chi connectivity index (χ0v) is 7.93. The number of hydrogen-bond donors (Lipinski definition) is 2. The van der Waals surface area contributed by atoms with E-state index < -0.39 is 0 Å². The summed E-state index contributed by atoms with van der Waals surface area (Å²) in [6.45, 7) is 1.49. The second-order valence-electron chi connectivity index (χ2n) is 3.55. The molecule has 0 amide bonds. The van der Waals surface area contributed by atoms with Crippen LogP contribution in [0.1, 0.15) is 12.0 Å². The van der Waals surface area contributed by atoms with Gasteiger partial charge in [-0.05, 0) is 12.5 Å². The molecule has 0 aromatic carbocycles. The first-order valence-corrected chi connectivity index (χ1v) is 4.78. The molecule has 2 rings (SSSR count). The van der Waals surface area contributed by atoms with Crippen LogP contribution < -0.4 is 4.90 Å². The van der Waals surface area contributed by atoms with Crippen molar-refractivity contribution in [3.8, 4) is 0 Å². The lowest BCUT2D eigenvalue weighted by Crippen LogP contribution is -2.22. The van der Waals surface area contributed by atoms with Crippen LogP contribution in [0.2, 0.25) is 0 Å². The maximum atomic E-state index is 9.40. The number of pyridine rings is 1. The van der Waals surface area contributed by atoms with Gasteiger partial charge >= 0.3 is 0 Å². The first kappa shape index (κ1) is 9.43. The fourth-order valence-corrected chi connectivity index (χ4v) is 1.79. The van der Waals surface area contributed by atoms with Gasteiger partial charge in [-0.25, -0.2) is 0 Å². The molecule has 0 radical (unpaired) electrons. The van der Waals surface area contributed by atoms with Crippen LogP contribution in [-0.2, 0) is 6.61 Å². The Labute approximate surface area is 82.8 Å². The van der Waals surface area contributed by atoms with Gasteiger partial charge in [0.25, 0.3) is 0 Å². The number of hydrogen-bond acceptors (Lipinski definition) is 4. The van der Waals surface area contributed by atoms with Gasteiger partial charge in [-0.15, -0.1) is 0 Å². The third-order valence-electron chi connectivity index (χ3n) is 2.56. The summed E-state index contributed by atoms with van der Waals surface area (Å²) in [4.78, 5) is 6.09. The zero-order chi connectivity index (χ0) is 9.97. The third kappa shape index (κ3) is 1.71. The molecule has 1 fully saturated rings. The van der Waals surface area contributed by atoms with E-state index in [2.05, 4.69) is 9.88 Å². The van der Waals surface area contributed by atoms with E-state index in [4.69, 9.17) is 5.11 Å². The highest BCUT2D eigenvalue weighted by Crippen LogP contribution is 2.23. The molecule has 1 aliphatic heterocycles. The van der Waals surface area contributed by atoms with Crippen LogP contribution in [0.3, 0.4) is 0 Å². The van der Waals surface area contributed by atoms with Crippen molar-refractivity contribution < 1.29 is 10.2 Å². The van der Waals surface area contributed by atoms with Crippen molar-refractivity contribution in [3.05, 3.63) is 24.0 Å². The van der Waals surface area contributed by atoms with E-state index in [0.717, 1.165) is 24.2 Å². The Morgan fingerprint density at radius 1 is 1.57 bits per heavy atom. The van der Waals surface area contributed by atoms with Gasteiger partial charge in [-0.2, -0.15) is 0 Å². The predicted octanol–water partition coefficient (Wildman–Crippen LogP) is 0.145. The largest absolute Gasteiger partial charge is 0.392 e. The summed E-state index contributed by atoms with van der Waals surface area (Å²) in [5, 5.41) is 18.5. The number of anilines is 1. The van der Waals surface area contributed by atoms with Crippen LogP contribution >= 0.6 is 0 Å². The Kier molecular flexibility index (Phi) is 2.65. The van der Waals surface area contributed by atoms with Crippen molar-refractivity contribution in [1.82, 2.24) is 4.98 Å². The second-order valence-corrected chi connectivity index (χ2v) is 3.55. The fourth-order valence-electron chi connectivity index (χ4n) is 1.79. The van der Waals surface area contributed by atoms with Crippen LogP contribution in [0.15, 0.2) is 18.5 Å². The molecule has 76 valence electrons. The van der Waals surface area contributed by atoms with Crippen molar-refractivity contribution in [2.75, 3.05) is 18.0 Å². The Bertz CT molecular complexity index is 317. The van der Waals surface area contributed by atoms with Gasteiger partial charge in [0.15, 0.2) is 0 Å². The average Bonchev–Trinajstić information content (AvgIpc) is 2.65. The summed E-state index contributed by atoms with van der Waals surface area (Å²) in [6.07, 6.45) is 3.95. The summed E-state index contributed by atoms with van der Waals surface area (Å²) >= 11 is 0. The number of aliphatic hydroxyl groups is 2. The van der Waals surface area contributed by atoms with Crippen LogP contribution in [0.5, 0.6) is 0 Å². The summed E-state index contributed by atoms with van der Waals surface area (Å²) < 4.78 is 0. The van der Waals surface area contributed by atoms with E-state index in [1.807, 2.05) is 0 Å². The summed E-state index contributed by atoms with van der Waals surface area (Å²) in [5.41, 5.74) is 1.81. The number of rotatable bonds is 2. The van der Waals surface area contributed by atoms with Gasteiger partial charge < -0.3 is 15.1 Å². The lowest BCUT2D eigenvalue weighted by atomic mass is 10.2. The molecule has 1 aliphatic rings. The minimum absolute atomic E-state index is 0.0183. The molecular weight excluding hydrogens is 180 g/mol. The fraction of sp³-hybridized carbons (Fsp3) is 0.500. The number of β-amino-alcohol motifs (C(OH)–C–C–N with tert-alkyl or cyclic N) is 1. The quantitative estimate of drug-likeness (QED) is 0.703. The highest BCUT2D eigenvalue weighted by Gasteiger charge is 2.21. The first-order valence-electron chi connectivity index (χ1n) is 4.78. The number of nitrogens with zero attached hydrogens (tertiary/aromatic N) is 2. The van der Waals surface area contributed by atoms with Crippen LogP contribution in [0, 0.1) is 0 Å². The molecule has 4 heteroatoms. The minimum atomic E-state index is -0.248. The van der Waals surface area contributed by atoms with E-state index in [9.17, 15) is 5.11 Å². The molecule has 1 saturated heterocycles. The van der Waals surface area contributed by atoms with Crippen molar-refractivity contribution in [2.24, 2.45) is 0 Å². The maximum absolute atomic E-state index is 9.40. The van der Waals surface area contributed by atoms with E-state index in [1.165, 1.54) is 0 Å². The van der Waals surface area contributed by atoms with Crippen molar-refractivity contribution in [1.29, 1.82) is 0 Å². The Balaban J connectivity index is 2.22. The molecule has 0 aliphatic carbocycles. The third-order valence-corrected chi connectivity index (χ3v) is 2.56. The average molecular weight is 194 g/mol. The van der Waals surface area contributed by atoms with E-state index in [1.54, 1.807) is 18.5 Å². The van der Waals surface area contributed by atoms with Crippen LogP contribution in [0.25, 0.3) is 0 Å². The molecule has 0 spiro atoms. The lowest BCUT2D eigenvalue weighted by Gasteiger charge is -2.19. The van der Waals surface area contributed by atoms with Gasteiger partial charge in [0.05, 0.1) is 24.6 Å². The first-order chi connectivity index (χ1) is 6.81. The maximum Gasteiger partial charge on any atom is 0.0731 e. The smallest absolute Gasteiger partial charge is 0.0731 e. The van der Waals surface area contributed by atoms with Crippen LogP contribution in [0.4, 0.5) is 5.69 Å². The van der Waals surface area contributed by atoms with E-state index >= 15 is 0 Å². The molecule has 14 heavy (non-hydrogen) atoms. The van der Waals surface area contributed by atoms with Crippen molar-refractivity contribution in [3.63, 3.8) is 0 Å². The second kappa shape index (κ2) is 3.94. The van der Waals surface area contributed by atoms with E-state index in [0.29, 0.717) is 6.54 Å². The zero-order valence-electron chi connectivity index (χ0n) is 7.93. The topological polar surface area (TPSA) is 56.6 Å². The van der Waals surface area contributed by atoms with Crippen LogP contribution in [-0.4, -0.2) is 34.4 Å². The molecule has 1 aromatic heterocycles. The highest BCUT2D eigenvalue weighted by atomic mass is 16.3. The summed E-state index contributed by atoms with van der Waals surface area (Å²) in [6, 6.07) is 1.81. The standard InChI is InChI=1S/C10H14N2O2/c13-7-8-1-3-11-5-10(8)12-4-2-9(14)6-12/h1,3,5,9,13-14H,2,4,6-7H2. The molecule has 1 atom stereocenters. The molecule has 0 bridgehead atoms. The molecule has 1 unspecified atom stereocenters. The molecule has 1 aromatic rings. The Hall–Kier alpha value is -1.13. The molecule has 0 saturated carbocycles. The number of aliphatic hydroxyl groups excluding tert-OH is 2. The van der Waals surface area contributed by atoms with E-state index in [-0.39, 0.29) is 12.7 Å². The summed E-state index contributed by atoms with van der Waals surface area (Å²) in [5.74, 6) is 0. The van der Waals surface area contributed by atoms with Gasteiger partial charge in [0.2, 0.25) is 0 Å². The van der Waals surface area contributed by atoms with Gasteiger partial charge in [0.1, 0.15) is 0 Å². The predicted molar refractivity (Wildman–Crippen MR) is 53.0 cm³/mol. The number of aromatic nitrogens is 1. The normalized spacial score (nSPS) is 21.6. The highest BCUT2D eigenvalue weighted by molar-refractivity contribution is 5.52. The SMILES string of the molecule is OCc1ccncc1N1CCC(O)C1. The minimum Gasteiger partial charge on any atom is -0.392 e. The van der Waals surface area contributed by atoms with Gasteiger partial charge in [-0.3, -0.25) is 4.98 Å². The van der Waals surface area contributed by atoms with Gasteiger partial charge in [-0.1, -0.05) is 0 Å². The molecule has 2 heterocycles. The molecule has 2 N–H and O–H groups in total. The van der Waals surface area contributed by atoms with Crippen molar-refractivity contribution >= 4 is 5.69 Å². The van der Waals surface area contributed by atoms with Crippen molar-refractivity contribution in [2.45, 2.75) is 19.1 Å². The molecular formula is C10H14N2O2.